The van der Waals surface area contributed by atoms with Crippen molar-refractivity contribution in [3.05, 3.63) is 44.8 Å². The summed E-state index contributed by atoms with van der Waals surface area (Å²) in [6.45, 7) is 6.22. The number of carbonyl (C=O) groups is 3. The standard InChI is InChI=1S/C24H32NO5S2.C2HF3O2/c1-2-29-22(26)9-3-4-12-25-13-10-18(11-14-25)19(17-25)30-23(27)24(28,20-7-5-15-31-20)21-8-6-16-32-21;3-2(4,5)1(6)7/h5-8,15-16,18-19,28H,2-4,9-14,17H2,1H3;(H,6,7)/q+1;/p-1/t18?,19-,25?;/m0./s1. The summed E-state index contributed by atoms with van der Waals surface area (Å²) in [7, 11) is 0. The number of carboxylic acids is 1. The molecule has 2 aromatic heterocycles. The van der Waals surface area contributed by atoms with Gasteiger partial charge in [-0.25, -0.2) is 4.79 Å². The van der Waals surface area contributed by atoms with Gasteiger partial charge in [-0.3, -0.25) is 4.79 Å². The number of unbranched alkanes of at least 4 members (excludes halogenated alkanes) is 1. The first-order valence-corrected chi connectivity index (χ1v) is 14.5. The summed E-state index contributed by atoms with van der Waals surface area (Å²) < 4.78 is 43.6. The molecule has 2 bridgehead atoms. The van der Waals surface area contributed by atoms with E-state index in [1.807, 2.05) is 29.8 Å². The molecule has 3 aliphatic heterocycles. The number of alkyl halides is 3. The van der Waals surface area contributed by atoms with Crippen molar-refractivity contribution < 1.29 is 51.7 Å². The Bertz CT molecular complexity index is 1050. The van der Waals surface area contributed by atoms with Crippen LogP contribution in [0.5, 0.6) is 0 Å². The number of nitrogens with zero attached hydrogens (tertiary/aromatic N) is 1. The van der Waals surface area contributed by atoms with Crippen LogP contribution in [-0.4, -0.2) is 72.6 Å². The molecule has 0 spiro atoms. The van der Waals surface area contributed by atoms with Gasteiger partial charge in [0.05, 0.1) is 36.0 Å². The Morgan fingerprint density at radius 3 is 2.10 bits per heavy atom. The maximum atomic E-state index is 13.4. The number of carboxylic acid groups (broad SMARTS) is 1. The van der Waals surface area contributed by atoms with Gasteiger partial charge in [0.25, 0.3) is 0 Å². The van der Waals surface area contributed by atoms with Crippen LogP contribution in [0.15, 0.2) is 35.0 Å². The minimum Gasteiger partial charge on any atom is -0.542 e. The summed E-state index contributed by atoms with van der Waals surface area (Å²) in [4.78, 5) is 35.0. The van der Waals surface area contributed by atoms with Crippen molar-refractivity contribution in [3.8, 4) is 0 Å². The van der Waals surface area contributed by atoms with E-state index < -0.39 is 23.7 Å². The number of aliphatic carboxylic acids is 1. The van der Waals surface area contributed by atoms with Crippen molar-refractivity contribution in [2.75, 3.05) is 32.8 Å². The molecule has 1 N–H and O–H groups in total. The van der Waals surface area contributed by atoms with Gasteiger partial charge in [-0.05, 0) is 42.7 Å². The van der Waals surface area contributed by atoms with E-state index in [9.17, 15) is 27.9 Å². The Kier molecular flexibility index (Phi) is 10.5. The molecule has 8 nitrogen and oxygen atoms in total. The Labute approximate surface area is 232 Å². The SMILES string of the molecule is CCOC(=O)CCCC[N+]12CCC(CC1)[C@@H](OC(=O)C(O)(c1cccs1)c1cccs1)C2.O=C([O-])C(F)(F)F. The third kappa shape index (κ3) is 7.80. The number of fused-ring (bicyclic) bond motifs is 3. The molecule has 216 valence electrons. The lowest BCUT2D eigenvalue weighted by Crippen LogP contribution is -2.65. The van der Waals surface area contributed by atoms with E-state index in [1.165, 1.54) is 22.7 Å². The fourth-order valence-electron chi connectivity index (χ4n) is 5.13. The predicted molar refractivity (Wildman–Crippen MR) is 136 cm³/mol. The number of halogens is 3. The minimum atomic E-state index is -5.19. The van der Waals surface area contributed by atoms with Gasteiger partial charge in [-0.1, -0.05) is 12.1 Å². The fraction of sp³-hybridized carbons (Fsp3) is 0.577. The molecule has 3 aliphatic rings. The van der Waals surface area contributed by atoms with Crippen molar-refractivity contribution in [2.24, 2.45) is 5.92 Å². The molecule has 39 heavy (non-hydrogen) atoms. The summed E-state index contributed by atoms with van der Waals surface area (Å²) >= 11 is 2.73. The second-order valence-corrected chi connectivity index (χ2v) is 11.6. The molecule has 2 aromatic rings. The number of esters is 2. The number of ether oxygens (including phenoxy) is 2. The number of piperidine rings is 3. The zero-order valence-electron chi connectivity index (χ0n) is 21.5. The zero-order valence-corrected chi connectivity index (χ0v) is 23.1. The summed E-state index contributed by atoms with van der Waals surface area (Å²) in [5, 5.41) is 24.1. The maximum absolute atomic E-state index is 13.4. The van der Waals surface area contributed by atoms with Gasteiger partial charge in [0, 0.05) is 25.2 Å². The summed E-state index contributed by atoms with van der Waals surface area (Å²) in [5.74, 6) is -3.35. The largest absolute Gasteiger partial charge is 0.542 e. The molecule has 0 saturated carbocycles. The van der Waals surface area contributed by atoms with E-state index in [-0.39, 0.29) is 12.1 Å². The number of quaternary nitrogens is 1. The van der Waals surface area contributed by atoms with Crippen LogP contribution >= 0.6 is 22.7 Å². The number of hydrogen-bond donors (Lipinski definition) is 1. The molecular weight excluding hydrogens is 559 g/mol. The first-order valence-electron chi connectivity index (χ1n) is 12.7. The topological polar surface area (TPSA) is 113 Å². The number of aliphatic hydroxyl groups is 1. The second kappa shape index (κ2) is 13.2. The molecule has 1 atom stereocenters. The Balaban J connectivity index is 0.000000532. The van der Waals surface area contributed by atoms with E-state index in [0.717, 1.165) is 56.3 Å². The van der Waals surface area contributed by atoms with Crippen LogP contribution in [0.25, 0.3) is 0 Å². The summed E-state index contributed by atoms with van der Waals surface area (Å²) in [5.41, 5.74) is -1.75. The van der Waals surface area contributed by atoms with E-state index in [4.69, 9.17) is 19.4 Å². The number of carbonyl (C=O) groups excluding carboxylic acids is 3. The minimum absolute atomic E-state index is 0.127. The zero-order chi connectivity index (χ0) is 28.7. The Hall–Kier alpha value is -2.48. The number of rotatable bonds is 10. The lowest BCUT2D eigenvalue weighted by molar-refractivity contribution is -0.946. The molecule has 0 amide bonds. The van der Waals surface area contributed by atoms with Gasteiger partial charge in [0.1, 0.15) is 12.5 Å². The second-order valence-electron chi connectivity index (χ2n) is 9.69. The fourth-order valence-corrected chi connectivity index (χ4v) is 6.85. The highest BCUT2D eigenvalue weighted by atomic mass is 32.1. The maximum Gasteiger partial charge on any atom is 0.430 e. The monoisotopic (exact) mass is 591 g/mol. The van der Waals surface area contributed by atoms with Gasteiger partial charge in [0.15, 0.2) is 6.10 Å². The lowest BCUT2D eigenvalue weighted by Gasteiger charge is -2.52. The smallest absolute Gasteiger partial charge is 0.430 e. The van der Waals surface area contributed by atoms with Gasteiger partial charge in [-0.15, -0.1) is 22.7 Å². The molecule has 5 heterocycles. The van der Waals surface area contributed by atoms with Gasteiger partial charge >= 0.3 is 18.1 Å². The summed E-state index contributed by atoms with van der Waals surface area (Å²) in [6.07, 6.45) is -1.06. The highest BCUT2D eigenvalue weighted by molar-refractivity contribution is 7.12. The van der Waals surface area contributed by atoms with Gasteiger partial charge in [-0.2, -0.15) is 13.2 Å². The van der Waals surface area contributed by atoms with E-state index >= 15 is 0 Å². The van der Waals surface area contributed by atoms with Crippen LogP contribution in [0.2, 0.25) is 0 Å². The first-order chi connectivity index (χ1) is 18.4. The van der Waals surface area contributed by atoms with Crippen LogP contribution in [0.1, 0.15) is 48.8 Å². The first kappa shape index (κ1) is 31.1. The van der Waals surface area contributed by atoms with Crippen LogP contribution in [0.4, 0.5) is 13.2 Å². The third-order valence-electron chi connectivity index (χ3n) is 7.15. The molecule has 0 unspecified atom stereocenters. The van der Waals surface area contributed by atoms with Gasteiger partial charge in [0.2, 0.25) is 5.60 Å². The van der Waals surface area contributed by atoms with E-state index in [1.54, 1.807) is 12.1 Å². The molecule has 0 aliphatic carbocycles. The Morgan fingerprint density at radius 1 is 1.08 bits per heavy atom. The highest BCUT2D eigenvalue weighted by Gasteiger charge is 2.51. The quantitative estimate of drug-likeness (QED) is 0.257. The van der Waals surface area contributed by atoms with Crippen molar-refractivity contribution in [3.63, 3.8) is 0 Å². The van der Waals surface area contributed by atoms with E-state index in [2.05, 4.69) is 0 Å². The molecular formula is C26H32F3NO7S2. The molecule has 0 aromatic carbocycles. The van der Waals surface area contributed by atoms with Gasteiger partial charge < -0.3 is 29.0 Å². The van der Waals surface area contributed by atoms with Crippen LogP contribution < -0.4 is 5.11 Å². The molecule has 3 fully saturated rings. The molecule has 13 heteroatoms. The Morgan fingerprint density at radius 2 is 1.64 bits per heavy atom. The van der Waals surface area contributed by atoms with Crippen molar-refractivity contribution >= 4 is 40.6 Å². The molecule has 3 saturated heterocycles. The highest BCUT2D eigenvalue weighted by Crippen LogP contribution is 2.40. The van der Waals surface area contributed by atoms with Crippen molar-refractivity contribution in [1.82, 2.24) is 0 Å². The normalized spacial score (nSPS) is 22.5. The predicted octanol–water partition coefficient (Wildman–Crippen LogP) is 3.23. The average Bonchev–Trinajstić information content (AvgIpc) is 3.62. The number of hydrogen-bond acceptors (Lipinski definition) is 9. The lowest BCUT2D eigenvalue weighted by atomic mass is 9.82. The van der Waals surface area contributed by atoms with Crippen LogP contribution in [0, 0.1) is 5.92 Å². The number of thiophene rings is 2. The molecule has 5 rings (SSSR count). The summed E-state index contributed by atoms with van der Waals surface area (Å²) in [6, 6.07) is 7.27. The third-order valence-corrected chi connectivity index (χ3v) is 9.11. The molecule has 0 radical (unpaired) electrons. The van der Waals surface area contributed by atoms with Crippen molar-refractivity contribution in [2.45, 2.75) is 56.9 Å². The van der Waals surface area contributed by atoms with Crippen LogP contribution in [0.3, 0.4) is 0 Å². The van der Waals surface area contributed by atoms with Crippen LogP contribution in [-0.2, 0) is 29.5 Å². The average molecular weight is 592 g/mol. The van der Waals surface area contributed by atoms with E-state index in [0.29, 0.717) is 28.7 Å². The van der Waals surface area contributed by atoms with Crippen molar-refractivity contribution in [1.29, 1.82) is 0 Å².